The van der Waals surface area contributed by atoms with E-state index in [4.69, 9.17) is 0 Å². The molecule has 1 aliphatic rings. The molecule has 3 amide bonds. The summed E-state index contributed by atoms with van der Waals surface area (Å²) in [5.41, 5.74) is 2.64. The van der Waals surface area contributed by atoms with Crippen LogP contribution in [0.4, 0.5) is 4.79 Å². The highest BCUT2D eigenvalue weighted by molar-refractivity contribution is 5.95. The number of H-pyrrole nitrogens is 1. The van der Waals surface area contributed by atoms with E-state index >= 15 is 0 Å². The number of carbonyl (C=O) groups excluding carboxylic acids is 2. The highest BCUT2D eigenvalue weighted by Crippen LogP contribution is 2.14. The Hall–Kier alpha value is -1.98. The number of aryl methyl sites for hydroxylation is 2. The largest absolute Gasteiger partial charge is 0.362 e. The molecule has 0 spiro atoms. The Kier molecular flexibility index (Phi) is 5.46. The molecule has 6 nitrogen and oxygen atoms in total. The number of carbonyl (C=O) groups is 2. The SMILES string of the molecule is CCCNC(=O)N1CCCN(C(=O)c2cc(C)[nH]c2C)CC1. The third-order valence-corrected chi connectivity index (χ3v) is 3.98. The summed E-state index contributed by atoms with van der Waals surface area (Å²) in [5.74, 6) is 0.0534. The second-order valence-corrected chi connectivity index (χ2v) is 5.86. The third kappa shape index (κ3) is 3.81. The lowest BCUT2D eigenvalue weighted by atomic mass is 10.2. The number of hydrogen-bond acceptors (Lipinski definition) is 2. The van der Waals surface area contributed by atoms with Gasteiger partial charge in [-0.05, 0) is 32.8 Å². The zero-order valence-electron chi connectivity index (χ0n) is 13.7. The molecule has 0 unspecified atom stereocenters. The van der Waals surface area contributed by atoms with E-state index in [1.54, 1.807) is 4.90 Å². The standard InChI is InChI=1S/C16H26N4O2/c1-4-6-17-16(22)20-8-5-7-19(9-10-20)15(21)14-11-12(2)18-13(14)3/h11,18H,4-10H2,1-3H3,(H,17,22). The van der Waals surface area contributed by atoms with Crippen LogP contribution >= 0.6 is 0 Å². The van der Waals surface area contributed by atoms with Crippen LogP contribution in [0.5, 0.6) is 0 Å². The molecule has 0 saturated carbocycles. The van der Waals surface area contributed by atoms with Crippen LogP contribution in [0.25, 0.3) is 0 Å². The van der Waals surface area contributed by atoms with Crippen molar-refractivity contribution in [3.8, 4) is 0 Å². The topological polar surface area (TPSA) is 68.4 Å². The van der Waals surface area contributed by atoms with Gasteiger partial charge in [0.15, 0.2) is 0 Å². The maximum absolute atomic E-state index is 12.6. The van der Waals surface area contributed by atoms with E-state index < -0.39 is 0 Å². The van der Waals surface area contributed by atoms with Crippen LogP contribution in [-0.4, -0.2) is 59.4 Å². The number of amides is 3. The van der Waals surface area contributed by atoms with Crippen LogP contribution in [0.15, 0.2) is 6.07 Å². The molecule has 0 radical (unpaired) electrons. The molecule has 2 rings (SSSR count). The van der Waals surface area contributed by atoms with Crippen molar-refractivity contribution in [2.45, 2.75) is 33.6 Å². The molecule has 2 heterocycles. The molecule has 0 aromatic carbocycles. The zero-order valence-corrected chi connectivity index (χ0v) is 13.7. The minimum Gasteiger partial charge on any atom is -0.362 e. The average molecular weight is 306 g/mol. The molecule has 1 aliphatic heterocycles. The minimum absolute atomic E-state index is 0.0233. The van der Waals surface area contributed by atoms with Gasteiger partial charge in [-0.3, -0.25) is 4.79 Å². The first kappa shape index (κ1) is 16.4. The van der Waals surface area contributed by atoms with E-state index in [0.29, 0.717) is 32.7 Å². The number of nitrogens with zero attached hydrogens (tertiary/aromatic N) is 2. The maximum Gasteiger partial charge on any atom is 0.317 e. The predicted molar refractivity (Wildman–Crippen MR) is 86.0 cm³/mol. The third-order valence-electron chi connectivity index (χ3n) is 3.98. The van der Waals surface area contributed by atoms with Gasteiger partial charge in [-0.15, -0.1) is 0 Å². The van der Waals surface area contributed by atoms with Crippen LogP contribution in [-0.2, 0) is 0 Å². The van der Waals surface area contributed by atoms with Gasteiger partial charge in [0.05, 0.1) is 5.56 Å². The Balaban J connectivity index is 1.96. The van der Waals surface area contributed by atoms with Crippen molar-refractivity contribution in [2.75, 3.05) is 32.7 Å². The van der Waals surface area contributed by atoms with Crippen molar-refractivity contribution in [3.63, 3.8) is 0 Å². The van der Waals surface area contributed by atoms with Crippen LogP contribution in [0, 0.1) is 13.8 Å². The number of rotatable bonds is 3. The monoisotopic (exact) mass is 306 g/mol. The summed E-state index contributed by atoms with van der Waals surface area (Å²) in [6.45, 7) is 9.16. The Morgan fingerprint density at radius 2 is 1.86 bits per heavy atom. The summed E-state index contributed by atoms with van der Waals surface area (Å²) in [5, 5.41) is 2.90. The molecule has 0 aliphatic carbocycles. The molecule has 0 atom stereocenters. The second-order valence-electron chi connectivity index (χ2n) is 5.86. The number of aromatic nitrogens is 1. The minimum atomic E-state index is -0.0233. The lowest BCUT2D eigenvalue weighted by Crippen LogP contribution is -2.42. The molecule has 1 saturated heterocycles. The summed E-state index contributed by atoms with van der Waals surface area (Å²) in [4.78, 5) is 31.5. The average Bonchev–Trinajstić information content (AvgIpc) is 2.70. The van der Waals surface area contributed by atoms with Gasteiger partial charge in [0.2, 0.25) is 0 Å². The summed E-state index contributed by atoms with van der Waals surface area (Å²) < 4.78 is 0. The second kappa shape index (κ2) is 7.33. The van der Waals surface area contributed by atoms with Gasteiger partial charge in [-0.1, -0.05) is 6.92 Å². The number of hydrogen-bond donors (Lipinski definition) is 2. The summed E-state index contributed by atoms with van der Waals surface area (Å²) in [7, 11) is 0. The molecule has 22 heavy (non-hydrogen) atoms. The van der Waals surface area contributed by atoms with E-state index in [0.717, 1.165) is 29.8 Å². The molecular weight excluding hydrogens is 280 g/mol. The highest BCUT2D eigenvalue weighted by Gasteiger charge is 2.24. The van der Waals surface area contributed by atoms with Crippen molar-refractivity contribution < 1.29 is 9.59 Å². The first-order valence-corrected chi connectivity index (χ1v) is 8.01. The van der Waals surface area contributed by atoms with Crippen molar-refractivity contribution in [1.82, 2.24) is 20.1 Å². The Morgan fingerprint density at radius 3 is 2.50 bits per heavy atom. The van der Waals surface area contributed by atoms with Crippen LogP contribution in [0.3, 0.4) is 0 Å². The van der Waals surface area contributed by atoms with Crippen molar-refractivity contribution in [1.29, 1.82) is 0 Å². The molecule has 1 fully saturated rings. The van der Waals surface area contributed by atoms with Gasteiger partial charge >= 0.3 is 6.03 Å². The zero-order chi connectivity index (χ0) is 16.1. The normalized spacial score (nSPS) is 15.6. The Morgan fingerprint density at radius 1 is 1.18 bits per heavy atom. The van der Waals surface area contributed by atoms with Gasteiger partial charge in [0.25, 0.3) is 5.91 Å². The Labute approximate surface area is 131 Å². The quantitative estimate of drug-likeness (QED) is 0.895. The molecule has 1 aromatic heterocycles. The molecule has 122 valence electrons. The van der Waals surface area contributed by atoms with Crippen LogP contribution in [0.1, 0.15) is 41.5 Å². The first-order chi connectivity index (χ1) is 10.5. The van der Waals surface area contributed by atoms with Crippen molar-refractivity contribution in [2.24, 2.45) is 0 Å². The van der Waals surface area contributed by atoms with E-state index in [-0.39, 0.29) is 11.9 Å². The summed E-state index contributed by atoms with van der Waals surface area (Å²) in [6, 6.07) is 1.87. The fourth-order valence-electron chi connectivity index (χ4n) is 2.78. The summed E-state index contributed by atoms with van der Waals surface area (Å²) >= 11 is 0. The van der Waals surface area contributed by atoms with Gasteiger partial charge in [0, 0.05) is 44.1 Å². The first-order valence-electron chi connectivity index (χ1n) is 8.01. The lowest BCUT2D eigenvalue weighted by molar-refractivity contribution is 0.0761. The molecule has 2 N–H and O–H groups in total. The maximum atomic E-state index is 12.6. The molecule has 6 heteroatoms. The molecule has 0 bridgehead atoms. The van der Waals surface area contributed by atoms with E-state index in [1.165, 1.54) is 0 Å². The van der Waals surface area contributed by atoms with Crippen LogP contribution < -0.4 is 5.32 Å². The number of aromatic amines is 1. The Bertz CT molecular complexity index is 538. The molecular formula is C16H26N4O2. The highest BCUT2D eigenvalue weighted by atomic mass is 16.2. The lowest BCUT2D eigenvalue weighted by Gasteiger charge is -2.22. The van der Waals surface area contributed by atoms with E-state index in [9.17, 15) is 9.59 Å². The van der Waals surface area contributed by atoms with Gasteiger partial charge in [-0.25, -0.2) is 4.79 Å². The van der Waals surface area contributed by atoms with Gasteiger partial charge in [-0.2, -0.15) is 0 Å². The summed E-state index contributed by atoms with van der Waals surface area (Å²) in [6.07, 6.45) is 1.74. The van der Waals surface area contributed by atoms with E-state index in [2.05, 4.69) is 10.3 Å². The molecule has 1 aromatic rings. The van der Waals surface area contributed by atoms with E-state index in [1.807, 2.05) is 31.7 Å². The van der Waals surface area contributed by atoms with Crippen LogP contribution in [0.2, 0.25) is 0 Å². The number of nitrogens with one attached hydrogen (secondary N) is 2. The van der Waals surface area contributed by atoms with Crippen molar-refractivity contribution >= 4 is 11.9 Å². The van der Waals surface area contributed by atoms with Crippen molar-refractivity contribution in [3.05, 3.63) is 23.0 Å². The van der Waals surface area contributed by atoms with Gasteiger partial charge < -0.3 is 20.1 Å². The van der Waals surface area contributed by atoms with Gasteiger partial charge in [0.1, 0.15) is 0 Å². The predicted octanol–water partition coefficient (Wildman–Crippen LogP) is 1.90. The fraction of sp³-hybridized carbons (Fsp3) is 0.625. The number of urea groups is 1. The smallest absolute Gasteiger partial charge is 0.317 e. The fourth-order valence-corrected chi connectivity index (χ4v) is 2.78.